The summed E-state index contributed by atoms with van der Waals surface area (Å²) in [5.41, 5.74) is -1.43. The van der Waals surface area contributed by atoms with E-state index in [0.29, 0.717) is 0 Å². The number of H-pyrrole nitrogens is 1. The Morgan fingerprint density at radius 1 is 1.65 bits per heavy atom. The summed E-state index contributed by atoms with van der Waals surface area (Å²) in [6.07, 6.45) is -2.17. The third kappa shape index (κ3) is 2.26. The molecule has 0 radical (unpaired) electrons. The predicted molar refractivity (Wildman–Crippen MR) is 56.8 cm³/mol. The highest BCUT2D eigenvalue weighted by atomic mass is 35.5. The van der Waals surface area contributed by atoms with Crippen LogP contribution in [0.5, 0.6) is 0 Å². The first-order valence-corrected chi connectivity index (χ1v) is 5.32. The number of nitrogens with zero attached hydrogens (tertiary/aromatic N) is 1. The first-order chi connectivity index (χ1) is 8.02. The van der Waals surface area contributed by atoms with E-state index in [-0.39, 0.29) is 11.4 Å². The lowest BCUT2D eigenvalue weighted by Crippen LogP contribution is -2.32. The number of aliphatic hydroxyl groups is 1. The molecule has 2 heterocycles. The molecule has 0 aromatic carbocycles. The van der Waals surface area contributed by atoms with Crippen molar-refractivity contribution in [2.24, 2.45) is 0 Å². The molecule has 1 aromatic heterocycles. The minimum atomic E-state index is -1.36. The molecule has 3 atom stereocenters. The highest BCUT2D eigenvalue weighted by Crippen LogP contribution is 2.29. The topological polar surface area (TPSA) is 84.3 Å². The molecule has 1 saturated heterocycles. The molecule has 0 aliphatic carbocycles. The van der Waals surface area contributed by atoms with Crippen LogP contribution in [0.15, 0.2) is 15.8 Å². The molecule has 6 nitrogen and oxygen atoms in total. The van der Waals surface area contributed by atoms with Gasteiger partial charge in [0, 0.05) is 12.6 Å². The van der Waals surface area contributed by atoms with Crippen LogP contribution >= 0.6 is 11.6 Å². The van der Waals surface area contributed by atoms with E-state index in [1.807, 2.05) is 4.98 Å². The Morgan fingerprint density at radius 2 is 2.35 bits per heavy atom. The quantitative estimate of drug-likeness (QED) is 0.775. The van der Waals surface area contributed by atoms with Crippen molar-refractivity contribution >= 4 is 11.6 Å². The summed E-state index contributed by atoms with van der Waals surface area (Å²) in [7, 11) is 0. The first kappa shape index (κ1) is 12.3. The summed E-state index contributed by atoms with van der Waals surface area (Å²) in [4.78, 5) is 24.5. The molecule has 1 aliphatic heterocycles. The highest BCUT2D eigenvalue weighted by molar-refractivity contribution is 6.30. The van der Waals surface area contributed by atoms with Crippen molar-refractivity contribution < 1.29 is 14.2 Å². The number of aromatic nitrogens is 2. The van der Waals surface area contributed by atoms with Crippen LogP contribution < -0.4 is 11.2 Å². The normalized spacial score (nSPS) is 28.5. The fourth-order valence-electron chi connectivity index (χ4n) is 1.70. The number of rotatable bonds is 2. The summed E-state index contributed by atoms with van der Waals surface area (Å²) in [6, 6.07) is 0. The van der Waals surface area contributed by atoms with Crippen molar-refractivity contribution in [3.05, 3.63) is 32.1 Å². The Morgan fingerprint density at radius 3 is 2.94 bits per heavy atom. The van der Waals surface area contributed by atoms with Gasteiger partial charge in [-0.3, -0.25) is 14.3 Å². The molecule has 0 bridgehead atoms. The number of alkyl halides is 1. The van der Waals surface area contributed by atoms with E-state index in [4.69, 9.17) is 21.4 Å². The van der Waals surface area contributed by atoms with E-state index in [1.54, 1.807) is 0 Å². The molecule has 1 aliphatic rings. The average Bonchev–Trinajstić information content (AvgIpc) is 2.65. The number of aliphatic hydroxyl groups excluding tert-OH is 1. The molecule has 0 amide bonds. The van der Waals surface area contributed by atoms with Crippen LogP contribution in [0.3, 0.4) is 0 Å². The largest absolute Gasteiger partial charge is 0.394 e. The van der Waals surface area contributed by atoms with Crippen molar-refractivity contribution in [3.63, 3.8) is 0 Å². The van der Waals surface area contributed by atoms with E-state index in [1.165, 1.54) is 0 Å². The minimum Gasteiger partial charge on any atom is -0.394 e. The second kappa shape index (κ2) is 4.59. The van der Waals surface area contributed by atoms with E-state index >= 15 is 0 Å². The van der Waals surface area contributed by atoms with Gasteiger partial charge in [0.25, 0.3) is 5.56 Å². The standard InChI is InChI=1S/C9H10ClFN2O4/c10-4-2-13(9(16)12-8(4)15)7-1-5(11)6(3-14)17-7/h2,5-7,14H,1,3H2,(H,12,15,16)/t5-,6?,7-/m1/s1. The predicted octanol–water partition coefficient (Wildman–Crippen LogP) is -0.192. The van der Waals surface area contributed by atoms with Crippen molar-refractivity contribution in [2.45, 2.75) is 24.9 Å². The lowest BCUT2D eigenvalue weighted by molar-refractivity contribution is -0.0356. The molecule has 1 fully saturated rings. The zero-order chi connectivity index (χ0) is 12.6. The van der Waals surface area contributed by atoms with Gasteiger partial charge >= 0.3 is 5.69 Å². The summed E-state index contributed by atoms with van der Waals surface area (Å²) >= 11 is 5.57. The van der Waals surface area contributed by atoms with Crippen molar-refractivity contribution in [1.82, 2.24) is 9.55 Å². The second-order valence-electron chi connectivity index (χ2n) is 3.71. The molecule has 0 saturated carbocycles. The van der Waals surface area contributed by atoms with Crippen LogP contribution in [0.4, 0.5) is 4.39 Å². The number of halogens is 2. The Bertz CT molecular complexity index is 528. The lowest BCUT2D eigenvalue weighted by atomic mass is 10.2. The third-order valence-electron chi connectivity index (χ3n) is 2.58. The summed E-state index contributed by atoms with van der Waals surface area (Å²) < 4.78 is 19.5. The second-order valence-corrected chi connectivity index (χ2v) is 4.11. The highest BCUT2D eigenvalue weighted by Gasteiger charge is 2.36. The molecule has 2 N–H and O–H groups in total. The van der Waals surface area contributed by atoms with Crippen LogP contribution in [0, 0.1) is 0 Å². The van der Waals surface area contributed by atoms with E-state index in [0.717, 1.165) is 10.8 Å². The Hall–Kier alpha value is -1.18. The van der Waals surface area contributed by atoms with Gasteiger partial charge in [0.15, 0.2) is 0 Å². The average molecular weight is 265 g/mol. The van der Waals surface area contributed by atoms with Gasteiger partial charge in [-0.2, -0.15) is 0 Å². The maximum Gasteiger partial charge on any atom is 0.330 e. The summed E-state index contributed by atoms with van der Waals surface area (Å²) in [6.45, 7) is -0.469. The van der Waals surface area contributed by atoms with Crippen LogP contribution in [0.25, 0.3) is 0 Å². The fourth-order valence-corrected chi connectivity index (χ4v) is 1.85. The van der Waals surface area contributed by atoms with Gasteiger partial charge in [-0.05, 0) is 0 Å². The maximum atomic E-state index is 13.3. The SMILES string of the molecule is O=c1[nH]c(=O)n([C@H]2C[C@@H](F)C(CO)O2)cc1Cl. The third-order valence-corrected chi connectivity index (χ3v) is 2.85. The fraction of sp³-hybridized carbons (Fsp3) is 0.556. The van der Waals surface area contributed by atoms with Crippen molar-refractivity contribution in [2.75, 3.05) is 6.61 Å². The first-order valence-electron chi connectivity index (χ1n) is 4.94. The van der Waals surface area contributed by atoms with Gasteiger partial charge in [0.1, 0.15) is 23.5 Å². The van der Waals surface area contributed by atoms with E-state index in [2.05, 4.69) is 0 Å². The molecule has 1 aromatic rings. The molecule has 0 spiro atoms. The number of ether oxygens (including phenoxy) is 1. The minimum absolute atomic E-state index is 0.0759. The Balaban J connectivity index is 2.34. The molecular weight excluding hydrogens is 255 g/mol. The van der Waals surface area contributed by atoms with Gasteiger partial charge in [0.05, 0.1) is 6.61 Å². The van der Waals surface area contributed by atoms with E-state index in [9.17, 15) is 14.0 Å². The van der Waals surface area contributed by atoms with Gasteiger partial charge < -0.3 is 9.84 Å². The lowest BCUT2D eigenvalue weighted by Gasteiger charge is -2.14. The molecular formula is C9H10ClFN2O4. The number of aromatic amines is 1. The number of nitrogens with one attached hydrogen (secondary N) is 1. The number of hydrogen-bond acceptors (Lipinski definition) is 4. The molecule has 1 unspecified atom stereocenters. The van der Waals surface area contributed by atoms with Crippen molar-refractivity contribution in [3.8, 4) is 0 Å². The molecule has 94 valence electrons. The maximum absolute atomic E-state index is 13.3. The molecule has 17 heavy (non-hydrogen) atoms. The van der Waals surface area contributed by atoms with E-state index < -0.39 is 36.4 Å². The molecule has 2 rings (SSSR count). The van der Waals surface area contributed by atoms with Crippen LogP contribution in [0.1, 0.15) is 12.6 Å². The Labute approximate surface area is 99.6 Å². The smallest absolute Gasteiger partial charge is 0.330 e. The van der Waals surface area contributed by atoms with Gasteiger partial charge in [-0.25, -0.2) is 9.18 Å². The monoisotopic (exact) mass is 264 g/mol. The zero-order valence-corrected chi connectivity index (χ0v) is 9.35. The van der Waals surface area contributed by atoms with Gasteiger partial charge in [-0.15, -0.1) is 0 Å². The van der Waals surface area contributed by atoms with Crippen LogP contribution in [-0.4, -0.2) is 33.5 Å². The van der Waals surface area contributed by atoms with Crippen LogP contribution in [-0.2, 0) is 4.74 Å². The van der Waals surface area contributed by atoms with Gasteiger partial charge in [-0.1, -0.05) is 11.6 Å². The molecule has 8 heteroatoms. The van der Waals surface area contributed by atoms with Crippen LogP contribution in [0.2, 0.25) is 5.02 Å². The van der Waals surface area contributed by atoms with Crippen molar-refractivity contribution in [1.29, 1.82) is 0 Å². The Kier molecular flexibility index (Phi) is 3.32. The zero-order valence-electron chi connectivity index (χ0n) is 8.60. The number of hydrogen-bond donors (Lipinski definition) is 2. The summed E-state index contributed by atoms with van der Waals surface area (Å²) in [5.74, 6) is 0. The summed E-state index contributed by atoms with van der Waals surface area (Å²) in [5, 5.41) is 8.65. The van der Waals surface area contributed by atoms with Gasteiger partial charge in [0.2, 0.25) is 0 Å².